The molecule has 1 aromatic carbocycles. The van der Waals surface area contributed by atoms with Gasteiger partial charge in [-0.05, 0) is 48.9 Å². The number of carbonyl (C=O) groups is 1. The first-order valence-corrected chi connectivity index (χ1v) is 7.93. The molecule has 2 heterocycles. The van der Waals surface area contributed by atoms with Gasteiger partial charge in [0.1, 0.15) is 0 Å². The smallest absolute Gasteiger partial charge is 0.254 e. The summed E-state index contributed by atoms with van der Waals surface area (Å²) < 4.78 is 0. The lowest BCUT2D eigenvalue weighted by Crippen LogP contribution is -2.43. The number of hydrogen-bond acceptors (Lipinski definition) is 2. The number of rotatable bonds is 3. The van der Waals surface area contributed by atoms with E-state index in [-0.39, 0.29) is 18.3 Å². The minimum absolute atomic E-state index is 0. The van der Waals surface area contributed by atoms with E-state index in [2.05, 4.69) is 29.3 Å². The molecule has 2 aliphatic heterocycles. The molecule has 0 spiro atoms. The lowest BCUT2D eigenvalue weighted by Gasteiger charge is -2.36. The van der Waals surface area contributed by atoms with Gasteiger partial charge in [-0.2, -0.15) is 0 Å². The zero-order chi connectivity index (χ0) is 13.9. The Balaban J connectivity index is 0.00000161. The molecule has 0 saturated carbocycles. The molecule has 1 atom stereocenters. The number of fused-ring (bicyclic) bond motifs is 1. The van der Waals surface area contributed by atoms with Crippen molar-refractivity contribution in [1.82, 2.24) is 10.2 Å². The van der Waals surface area contributed by atoms with Crippen LogP contribution in [-0.2, 0) is 13.1 Å². The lowest BCUT2D eigenvalue weighted by molar-refractivity contribution is 0.0600. The molecule has 1 unspecified atom stereocenters. The Morgan fingerprint density at radius 1 is 1.29 bits per heavy atom. The average molecular weight is 309 g/mol. The molecule has 0 bridgehead atoms. The van der Waals surface area contributed by atoms with Crippen molar-refractivity contribution >= 4 is 18.3 Å². The van der Waals surface area contributed by atoms with Crippen molar-refractivity contribution in [2.24, 2.45) is 0 Å². The highest BCUT2D eigenvalue weighted by molar-refractivity contribution is 5.94. The van der Waals surface area contributed by atoms with Gasteiger partial charge in [0.25, 0.3) is 5.91 Å². The second-order valence-corrected chi connectivity index (χ2v) is 6.02. The number of piperidine rings is 1. The van der Waals surface area contributed by atoms with Crippen LogP contribution in [0.5, 0.6) is 0 Å². The third-order valence-corrected chi connectivity index (χ3v) is 4.59. The molecule has 2 aliphatic rings. The van der Waals surface area contributed by atoms with E-state index < -0.39 is 0 Å². The van der Waals surface area contributed by atoms with E-state index in [0.29, 0.717) is 6.04 Å². The molecule has 0 aromatic heterocycles. The Hall–Kier alpha value is -1.06. The molecule has 3 rings (SSSR count). The first kappa shape index (κ1) is 16.3. The number of hydrogen-bond donors (Lipinski definition) is 1. The predicted molar refractivity (Wildman–Crippen MR) is 87.8 cm³/mol. The van der Waals surface area contributed by atoms with Crippen LogP contribution >= 0.6 is 12.4 Å². The van der Waals surface area contributed by atoms with Crippen molar-refractivity contribution < 1.29 is 4.79 Å². The standard InChI is InChI=1S/C17H24N2O.ClH/c1-2-5-16-6-3-4-9-19(16)17(20)13-7-8-14-11-18-12-15(14)10-13;/h7-8,10,16,18H,2-6,9,11-12H2,1H3;1H. The molecule has 116 valence electrons. The third-order valence-electron chi connectivity index (χ3n) is 4.59. The maximum atomic E-state index is 12.8. The number of amides is 1. The second-order valence-electron chi connectivity index (χ2n) is 6.02. The number of nitrogens with one attached hydrogen (secondary N) is 1. The number of likely N-dealkylation sites (tertiary alicyclic amines) is 1. The van der Waals surface area contributed by atoms with Gasteiger partial charge in [-0.25, -0.2) is 0 Å². The molecule has 21 heavy (non-hydrogen) atoms. The van der Waals surface area contributed by atoms with Crippen LogP contribution in [0.1, 0.15) is 60.5 Å². The minimum atomic E-state index is 0. The maximum absolute atomic E-state index is 12.8. The minimum Gasteiger partial charge on any atom is -0.336 e. The Morgan fingerprint density at radius 3 is 2.90 bits per heavy atom. The molecule has 1 N–H and O–H groups in total. The molecular weight excluding hydrogens is 284 g/mol. The van der Waals surface area contributed by atoms with Crippen LogP contribution in [0.25, 0.3) is 0 Å². The summed E-state index contributed by atoms with van der Waals surface area (Å²) in [6, 6.07) is 6.66. The summed E-state index contributed by atoms with van der Waals surface area (Å²) in [5.74, 6) is 0.234. The van der Waals surface area contributed by atoms with E-state index >= 15 is 0 Å². The van der Waals surface area contributed by atoms with Crippen molar-refractivity contribution in [3.63, 3.8) is 0 Å². The zero-order valence-electron chi connectivity index (χ0n) is 12.7. The molecule has 4 heteroatoms. The summed E-state index contributed by atoms with van der Waals surface area (Å²) in [7, 11) is 0. The van der Waals surface area contributed by atoms with Crippen molar-refractivity contribution in [2.45, 2.75) is 58.2 Å². The van der Waals surface area contributed by atoms with Gasteiger partial charge < -0.3 is 10.2 Å². The molecule has 3 nitrogen and oxygen atoms in total. The van der Waals surface area contributed by atoms with E-state index in [4.69, 9.17) is 0 Å². The van der Waals surface area contributed by atoms with Crippen LogP contribution in [0.3, 0.4) is 0 Å². The highest BCUT2D eigenvalue weighted by atomic mass is 35.5. The molecule has 0 aliphatic carbocycles. The number of nitrogens with zero attached hydrogens (tertiary/aromatic N) is 1. The van der Waals surface area contributed by atoms with Crippen molar-refractivity contribution in [2.75, 3.05) is 6.54 Å². The van der Waals surface area contributed by atoms with Crippen LogP contribution in [0, 0.1) is 0 Å². The quantitative estimate of drug-likeness (QED) is 0.927. The Bertz CT molecular complexity index is 502. The third kappa shape index (κ3) is 3.41. The maximum Gasteiger partial charge on any atom is 0.254 e. The normalized spacial score (nSPS) is 20.8. The molecule has 0 radical (unpaired) electrons. The summed E-state index contributed by atoms with van der Waals surface area (Å²) >= 11 is 0. The van der Waals surface area contributed by atoms with E-state index in [1.807, 2.05) is 6.07 Å². The summed E-state index contributed by atoms with van der Waals surface area (Å²) in [4.78, 5) is 14.9. The van der Waals surface area contributed by atoms with Gasteiger partial charge >= 0.3 is 0 Å². The Morgan fingerprint density at radius 2 is 2.10 bits per heavy atom. The van der Waals surface area contributed by atoms with Gasteiger partial charge in [-0.1, -0.05) is 19.4 Å². The van der Waals surface area contributed by atoms with Gasteiger partial charge in [0.05, 0.1) is 0 Å². The zero-order valence-corrected chi connectivity index (χ0v) is 13.5. The van der Waals surface area contributed by atoms with Crippen LogP contribution in [-0.4, -0.2) is 23.4 Å². The topological polar surface area (TPSA) is 32.3 Å². The van der Waals surface area contributed by atoms with E-state index in [0.717, 1.165) is 44.5 Å². The predicted octanol–water partition coefficient (Wildman–Crippen LogP) is 3.51. The molecule has 1 fully saturated rings. The van der Waals surface area contributed by atoms with Gasteiger partial charge in [0.2, 0.25) is 0 Å². The van der Waals surface area contributed by atoms with Crippen molar-refractivity contribution in [3.8, 4) is 0 Å². The van der Waals surface area contributed by atoms with Gasteiger partial charge in [-0.3, -0.25) is 4.79 Å². The van der Waals surface area contributed by atoms with E-state index in [1.165, 1.54) is 24.0 Å². The van der Waals surface area contributed by atoms with E-state index in [9.17, 15) is 4.79 Å². The first-order chi connectivity index (χ1) is 9.79. The summed E-state index contributed by atoms with van der Waals surface area (Å²) in [5, 5.41) is 3.34. The first-order valence-electron chi connectivity index (χ1n) is 7.93. The molecule has 1 aromatic rings. The summed E-state index contributed by atoms with van der Waals surface area (Å²) in [5.41, 5.74) is 3.50. The average Bonchev–Trinajstić information content (AvgIpc) is 2.95. The fraction of sp³-hybridized carbons (Fsp3) is 0.588. The molecular formula is C17H25ClN2O. The fourth-order valence-electron chi connectivity index (χ4n) is 3.49. The van der Waals surface area contributed by atoms with Gasteiger partial charge in [-0.15, -0.1) is 12.4 Å². The van der Waals surface area contributed by atoms with Crippen molar-refractivity contribution in [3.05, 3.63) is 34.9 Å². The largest absolute Gasteiger partial charge is 0.336 e. The number of carbonyl (C=O) groups excluding carboxylic acids is 1. The fourth-order valence-corrected chi connectivity index (χ4v) is 3.49. The number of halogens is 1. The van der Waals surface area contributed by atoms with Crippen LogP contribution in [0.2, 0.25) is 0 Å². The van der Waals surface area contributed by atoms with Gasteiger partial charge in [0.15, 0.2) is 0 Å². The second kappa shape index (κ2) is 7.28. The van der Waals surface area contributed by atoms with Crippen LogP contribution in [0.4, 0.5) is 0 Å². The SMILES string of the molecule is CCCC1CCCCN1C(=O)c1ccc2c(c1)CNC2.Cl. The summed E-state index contributed by atoms with van der Waals surface area (Å²) in [6.45, 7) is 4.97. The lowest BCUT2D eigenvalue weighted by atomic mass is 9.96. The monoisotopic (exact) mass is 308 g/mol. The van der Waals surface area contributed by atoms with Crippen LogP contribution < -0.4 is 5.32 Å². The highest BCUT2D eigenvalue weighted by Crippen LogP contribution is 2.24. The van der Waals surface area contributed by atoms with Gasteiger partial charge in [0, 0.05) is 31.2 Å². The highest BCUT2D eigenvalue weighted by Gasteiger charge is 2.27. The summed E-state index contributed by atoms with van der Waals surface area (Å²) in [6.07, 6.45) is 5.88. The Labute approximate surface area is 133 Å². The van der Waals surface area contributed by atoms with E-state index in [1.54, 1.807) is 0 Å². The molecule has 1 saturated heterocycles. The molecule has 1 amide bonds. The van der Waals surface area contributed by atoms with Crippen molar-refractivity contribution in [1.29, 1.82) is 0 Å². The Kier molecular flexibility index (Phi) is 5.65. The number of benzene rings is 1. The van der Waals surface area contributed by atoms with Crippen LogP contribution in [0.15, 0.2) is 18.2 Å².